The quantitative estimate of drug-likeness (QED) is 0.787. The molecule has 0 aliphatic rings. The maximum atomic E-state index is 5.68. The Morgan fingerprint density at radius 3 is 2.75 bits per heavy atom. The van der Waals surface area contributed by atoms with Crippen LogP contribution in [0.1, 0.15) is 16.8 Å². The molecule has 0 bridgehead atoms. The second-order valence-corrected chi connectivity index (χ2v) is 3.75. The van der Waals surface area contributed by atoms with Gasteiger partial charge in [-0.3, -0.25) is 9.97 Å². The zero-order valence-electron chi connectivity index (χ0n) is 9.47. The van der Waals surface area contributed by atoms with Crippen molar-refractivity contribution in [3.8, 4) is 5.75 Å². The first-order chi connectivity index (χ1) is 7.75. The lowest BCUT2D eigenvalue weighted by Gasteiger charge is -2.08. The molecule has 82 valence electrons. The van der Waals surface area contributed by atoms with E-state index in [-0.39, 0.29) is 0 Å². The van der Waals surface area contributed by atoms with E-state index >= 15 is 0 Å². The first-order valence-corrected chi connectivity index (χ1v) is 5.20. The molecule has 3 nitrogen and oxygen atoms in total. The molecule has 2 aromatic rings. The molecule has 0 spiro atoms. The number of rotatable bonds is 3. The average molecular weight is 214 g/mol. The number of hydrogen-bond acceptors (Lipinski definition) is 3. The first kappa shape index (κ1) is 10.6. The maximum Gasteiger partial charge on any atom is 0.132 e. The maximum absolute atomic E-state index is 5.68. The fourth-order valence-corrected chi connectivity index (χ4v) is 1.52. The zero-order valence-corrected chi connectivity index (χ0v) is 9.47. The van der Waals surface area contributed by atoms with E-state index in [2.05, 4.69) is 23.0 Å². The number of aryl methyl sites for hydroxylation is 2. The first-order valence-electron chi connectivity index (χ1n) is 5.20. The monoisotopic (exact) mass is 214 g/mol. The molecular formula is C13H14N2O. The predicted octanol–water partition coefficient (Wildman–Crippen LogP) is 2.67. The second-order valence-electron chi connectivity index (χ2n) is 3.75. The summed E-state index contributed by atoms with van der Waals surface area (Å²) in [5, 5.41) is 0. The summed E-state index contributed by atoms with van der Waals surface area (Å²) in [6, 6.07) is 6.13. The van der Waals surface area contributed by atoms with Gasteiger partial charge in [0.1, 0.15) is 12.4 Å². The van der Waals surface area contributed by atoms with E-state index in [0.717, 1.165) is 17.0 Å². The molecule has 0 saturated heterocycles. The summed E-state index contributed by atoms with van der Waals surface area (Å²) in [6.45, 7) is 4.57. The van der Waals surface area contributed by atoms with Crippen molar-refractivity contribution in [3.05, 3.63) is 53.6 Å². The molecule has 0 saturated carbocycles. The van der Waals surface area contributed by atoms with E-state index in [1.165, 1.54) is 5.56 Å². The highest BCUT2D eigenvalue weighted by Crippen LogP contribution is 2.19. The van der Waals surface area contributed by atoms with Crippen LogP contribution in [0.4, 0.5) is 0 Å². The van der Waals surface area contributed by atoms with Crippen molar-refractivity contribution in [2.24, 2.45) is 0 Å². The van der Waals surface area contributed by atoms with Crippen LogP contribution in [-0.2, 0) is 6.61 Å². The highest BCUT2D eigenvalue weighted by Gasteiger charge is 2.00. The van der Waals surface area contributed by atoms with Crippen molar-refractivity contribution in [2.75, 3.05) is 0 Å². The molecule has 16 heavy (non-hydrogen) atoms. The van der Waals surface area contributed by atoms with E-state index in [1.54, 1.807) is 18.6 Å². The predicted molar refractivity (Wildman–Crippen MR) is 62.3 cm³/mol. The minimum absolute atomic E-state index is 0.456. The van der Waals surface area contributed by atoms with Gasteiger partial charge in [-0.1, -0.05) is 17.7 Å². The van der Waals surface area contributed by atoms with Gasteiger partial charge < -0.3 is 4.74 Å². The summed E-state index contributed by atoms with van der Waals surface area (Å²) in [5.41, 5.74) is 3.22. The Bertz CT molecular complexity index is 469. The highest BCUT2D eigenvalue weighted by molar-refractivity contribution is 5.35. The van der Waals surface area contributed by atoms with Crippen molar-refractivity contribution in [1.82, 2.24) is 9.97 Å². The molecule has 0 aliphatic carbocycles. The van der Waals surface area contributed by atoms with Gasteiger partial charge in [-0.15, -0.1) is 0 Å². The largest absolute Gasteiger partial charge is 0.487 e. The summed E-state index contributed by atoms with van der Waals surface area (Å²) >= 11 is 0. The van der Waals surface area contributed by atoms with Crippen molar-refractivity contribution in [2.45, 2.75) is 20.5 Å². The van der Waals surface area contributed by atoms with Crippen LogP contribution in [0.3, 0.4) is 0 Å². The Morgan fingerprint density at radius 2 is 2.06 bits per heavy atom. The van der Waals surface area contributed by atoms with Crippen LogP contribution in [0.25, 0.3) is 0 Å². The van der Waals surface area contributed by atoms with Gasteiger partial charge in [0.15, 0.2) is 0 Å². The third-order valence-corrected chi connectivity index (χ3v) is 2.32. The molecule has 0 fully saturated rings. The van der Waals surface area contributed by atoms with Gasteiger partial charge in [0, 0.05) is 12.4 Å². The van der Waals surface area contributed by atoms with Gasteiger partial charge in [0.05, 0.1) is 11.9 Å². The molecule has 0 aliphatic heterocycles. The summed E-state index contributed by atoms with van der Waals surface area (Å²) in [7, 11) is 0. The van der Waals surface area contributed by atoms with Gasteiger partial charge in [-0.2, -0.15) is 0 Å². The summed E-state index contributed by atoms with van der Waals surface area (Å²) in [5.74, 6) is 0.899. The van der Waals surface area contributed by atoms with Crippen LogP contribution >= 0.6 is 0 Å². The minimum atomic E-state index is 0.456. The lowest BCUT2D eigenvalue weighted by molar-refractivity contribution is 0.298. The Morgan fingerprint density at radius 1 is 1.19 bits per heavy atom. The van der Waals surface area contributed by atoms with Gasteiger partial charge in [0.2, 0.25) is 0 Å². The molecule has 0 atom stereocenters. The number of ether oxygens (including phenoxy) is 1. The molecule has 1 heterocycles. The van der Waals surface area contributed by atoms with Gasteiger partial charge in [-0.05, 0) is 25.5 Å². The van der Waals surface area contributed by atoms with Crippen LogP contribution in [-0.4, -0.2) is 9.97 Å². The second kappa shape index (κ2) is 4.75. The van der Waals surface area contributed by atoms with Crippen molar-refractivity contribution in [1.29, 1.82) is 0 Å². The lowest BCUT2D eigenvalue weighted by atomic mass is 10.1. The number of nitrogens with zero attached hydrogens (tertiary/aromatic N) is 2. The Labute approximate surface area is 95.1 Å². The Balaban J connectivity index is 2.05. The van der Waals surface area contributed by atoms with Crippen molar-refractivity contribution < 1.29 is 4.74 Å². The topological polar surface area (TPSA) is 35.0 Å². The normalized spacial score (nSPS) is 10.1. The van der Waals surface area contributed by atoms with E-state index in [1.807, 2.05) is 19.1 Å². The summed E-state index contributed by atoms with van der Waals surface area (Å²) in [4.78, 5) is 8.14. The molecule has 3 heteroatoms. The van der Waals surface area contributed by atoms with Crippen LogP contribution in [0.15, 0.2) is 36.8 Å². The van der Waals surface area contributed by atoms with Gasteiger partial charge in [0.25, 0.3) is 0 Å². The fraction of sp³-hybridized carbons (Fsp3) is 0.231. The molecular weight excluding hydrogens is 200 g/mol. The van der Waals surface area contributed by atoms with E-state index in [4.69, 9.17) is 4.74 Å². The van der Waals surface area contributed by atoms with Crippen molar-refractivity contribution in [3.63, 3.8) is 0 Å². The molecule has 0 amide bonds. The summed E-state index contributed by atoms with van der Waals surface area (Å²) in [6.07, 6.45) is 5.03. The molecule has 2 rings (SSSR count). The molecule has 1 aromatic heterocycles. The van der Waals surface area contributed by atoms with Crippen LogP contribution < -0.4 is 4.74 Å². The number of hydrogen-bond donors (Lipinski definition) is 0. The van der Waals surface area contributed by atoms with Crippen LogP contribution in [0.5, 0.6) is 5.75 Å². The molecule has 0 unspecified atom stereocenters. The molecule has 0 radical (unpaired) electrons. The third kappa shape index (κ3) is 2.57. The van der Waals surface area contributed by atoms with Gasteiger partial charge in [-0.25, -0.2) is 0 Å². The minimum Gasteiger partial charge on any atom is -0.487 e. The van der Waals surface area contributed by atoms with E-state index in [9.17, 15) is 0 Å². The Hall–Kier alpha value is -1.90. The fourth-order valence-electron chi connectivity index (χ4n) is 1.52. The van der Waals surface area contributed by atoms with Crippen LogP contribution in [0, 0.1) is 13.8 Å². The van der Waals surface area contributed by atoms with Crippen LogP contribution in [0.2, 0.25) is 0 Å². The highest BCUT2D eigenvalue weighted by atomic mass is 16.5. The summed E-state index contributed by atoms with van der Waals surface area (Å²) < 4.78 is 5.68. The smallest absolute Gasteiger partial charge is 0.132 e. The van der Waals surface area contributed by atoms with E-state index in [0.29, 0.717) is 6.61 Å². The van der Waals surface area contributed by atoms with Crippen molar-refractivity contribution >= 4 is 0 Å². The number of benzene rings is 1. The standard InChI is InChI=1S/C13H14N2O/c1-10-3-4-13(11(2)7-10)16-9-12-8-14-5-6-15-12/h3-8H,9H2,1-2H3. The lowest BCUT2D eigenvalue weighted by Crippen LogP contribution is -1.99. The van der Waals surface area contributed by atoms with Gasteiger partial charge >= 0.3 is 0 Å². The Kier molecular flexibility index (Phi) is 3.15. The average Bonchev–Trinajstić information content (AvgIpc) is 2.29. The van der Waals surface area contributed by atoms with E-state index < -0.39 is 0 Å². The zero-order chi connectivity index (χ0) is 11.4. The number of aromatic nitrogens is 2. The SMILES string of the molecule is Cc1ccc(OCc2cnccn2)c(C)c1. The molecule has 0 N–H and O–H groups in total. The third-order valence-electron chi connectivity index (χ3n) is 2.32. The molecule has 1 aromatic carbocycles.